The van der Waals surface area contributed by atoms with Gasteiger partial charge in [-0.3, -0.25) is 14.7 Å². The molecule has 1 saturated heterocycles. The molecule has 0 spiro atoms. The molecule has 4 rings (SSSR count). The fourth-order valence-electron chi connectivity index (χ4n) is 4.85. The lowest BCUT2D eigenvalue weighted by Gasteiger charge is -2.35. The number of alkyl halides is 1. The molecule has 2 aromatic carbocycles. The highest BCUT2D eigenvalue weighted by molar-refractivity contribution is 5.83. The van der Waals surface area contributed by atoms with Gasteiger partial charge < -0.3 is 14.6 Å². The first kappa shape index (κ1) is 25.5. The molecule has 6 nitrogen and oxygen atoms in total. The van der Waals surface area contributed by atoms with Crippen LogP contribution in [-0.4, -0.2) is 54.8 Å². The van der Waals surface area contributed by atoms with Crippen molar-refractivity contribution in [3.63, 3.8) is 0 Å². The van der Waals surface area contributed by atoms with Crippen LogP contribution < -0.4 is 9.47 Å². The van der Waals surface area contributed by atoms with Crippen LogP contribution in [0.2, 0.25) is 0 Å². The second kappa shape index (κ2) is 11.9. The number of halogens is 1. The van der Waals surface area contributed by atoms with Gasteiger partial charge in [-0.15, -0.1) is 0 Å². The van der Waals surface area contributed by atoms with E-state index < -0.39 is 18.1 Å². The van der Waals surface area contributed by atoms with Crippen molar-refractivity contribution in [3.05, 3.63) is 65.9 Å². The standard InChI is InChI=1S/C29H31FN2O4/c1-35-22-7-3-5-20(17-22)6-4-15-32-16-13-21(26(19-32)29(33)34)8-10-27(30)24-12-14-31-28-11-9-23(36-2)18-25(24)28/h3,5,7,9,11-12,14,17-18,21,26-27H,8,10,13,15-16,19H2,1-2H3,(H,33,34)/t21-,26+,27+/m1/s1. The van der Waals surface area contributed by atoms with Crippen molar-refractivity contribution < 1.29 is 23.8 Å². The van der Waals surface area contributed by atoms with Crippen molar-refractivity contribution in [2.24, 2.45) is 11.8 Å². The van der Waals surface area contributed by atoms with E-state index in [1.807, 2.05) is 30.3 Å². The van der Waals surface area contributed by atoms with Crippen LogP contribution in [-0.2, 0) is 4.79 Å². The van der Waals surface area contributed by atoms with E-state index in [2.05, 4.69) is 21.7 Å². The number of carboxylic acids is 1. The summed E-state index contributed by atoms with van der Waals surface area (Å²) < 4.78 is 25.9. The van der Waals surface area contributed by atoms with Gasteiger partial charge in [0.1, 0.15) is 17.7 Å². The van der Waals surface area contributed by atoms with Crippen molar-refractivity contribution in [2.45, 2.75) is 25.4 Å². The largest absolute Gasteiger partial charge is 0.497 e. The Bertz CT molecular complexity index is 1270. The van der Waals surface area contributed by atoms with Crippen LogP contribution in [0.5, 0.6) is 11.5 Å². The number of likely N-dealkylation sites (tertiary alicyclic amines) is 1. The van der Waals surface area contributed by atoms with Crippen LogP contribution in [0.25, 0.3) is 10.9 Å². The third-order valence-electron chi connectivity index (χ3n) is 6.87. The van der Waals surface area contributed by atoms with Gasteiger partial charge in [-0.2, -0.15) is 0 Å². The predicted molar refractivity (Wildman–Crippen MR) is 137 cm³/mol. The van der Waals surface area contributed by atoms with E-state index in [1.165, 1.54) is 0 Å². The van der Waals surface area contributed by atoms with Crippen LogP contribution in [0.3, 0.4) is 0 Å². The number of carboxylic acid groups (broad SMARTS) is 1. The van der Waals surface area contributed by atoms with Crippen molar-refractivity contribution in [2.75, 3.05) is 33.9 Å². The zero-order valence-electron chi connectivity index (χ0n) is 20.6. The number of rotatable bonds is 8. The van der Waals surface area contributed by atoms with E-state index in [0.29, 0.717) is 42.8 Å². The molecule has 1 aliphatic heterocycles. The molecular weight excluding hydrogens is 459 g/mol. The number of aliphatic carboxylic acids is 1. The Morgan fingerprint density at radius 3 is 2.78 bits per heavy atom. The molecule has 0 amide bonds. The summed E-state index contributed by atoms with van der Waals surface area (Å²) in [6.45, 7) is 1.65. The number of piperidine rings is 1. The molecular formula is C29H31FN2O4. The maximum atomic E-state index is 15.4. The molecule has 0 unspecified atom stereocenters. The van der Waals surface area contributed by atoms with Crippen molar-refractivity contribution in [3.8, 4) is 23.3 Å². The van der Waals surface area contributed by atoms with Crippen LogP contribution in [0.4, 0.5) is 4.39 Å². The third-order valence-corrected chi connectivity index (χ3v) is 6.87. The molecule has 3 aromatic rings. The number of methoxy groups -OCH3 is 2. The van der Waals surface area contributed by atoms with Gasteiger partial charge in [-0.25, -0.2) is 4.39 Å². The van der Waals surface area contributed by atoms with Crippen LogP contribution in [0.1, 0.15) is 36.6 Å². The SMILES string of the molecule is COc1cccc(C#CCN2CC[C@@H](CC[C@H](F)c3ccnc4ccc(OC)cc34)[C@@H](C(=O)O)C2)c1. The number of benzene rings is 2. The highest BCUT2D eigenvalue weighted by atomic mass is 19.1. The minimum atomic E-state index is -1.20. The highest BCUT2D eigenvalue weighted by Crippen LogP contribution is 2.35. The summed E-state index contributed by atoms with van der Waals surface area (Å²) in [5, 5.41) is 10.6. The number of nitrogens with zero attached hydrogens (tertiary/aromatic N) is 2. The van der Waals surface area contributed by atoms with Gasteiger partial charge >= 0.3 is 5.97 Å². The van der Waals surface area contributed by atoms with Gasteiger partial charge in [0.15, 0.2) is 0 Å². The first-order valence-electron chi connectivity index (χ1n) is 12.1. The number of ether oxygens (including phenoxy) is 2. The van der Waals surface area contributed by atoms with E-state index in [4.69, 9.17) is 9.47 Å². The van der Waals surface area contributed by atoms with Crippen molar-refractivity contribution in [1.82, 2.24) is 9.88 Å². The lowest BCUT2D eigenvalue weighted by molar-refractivity contribution is -0.146. The average molecular weight is 491 g/mol. The summed E-state index contributed by atoms with van der Waals surface area (Å²) in [6.07, 6.45) is 1.89. The summed E-state index contributed by atoms with van der Waals surface area (Å²) >= 11 is 0. The van der Waals surface area contributed by atoms with Crippen LogP contribution in [0, 0.1) is 23.7 Å². The molecule has 0 bridgehead atoms. The Morgan fingerprint density at radius 1 is 1.19 bits per heavy atom. The van der Waals surface area contributed by atoms with Gasteiger partial charge in [-0.1, -0.05) is 17.9 Å². The lowest BCUT2D eigenvalue weighted by atomic mass is 9.81. The van der Waals surface area contributed by atoms with Gasteiger partial charge in [0, 0.05) is 23.7 Å². The Balaban J connectivity index is 1.37. The zero-order valence-corrected chi connectivity index (χ0v) is 20.6. The Labute approximate surface area is 211 Å². The van der Waals surface area contributed by atoms with Crippen LogP contribution in [0.15, 0.2) is 54.7 Å². The molecule has 1 aromatic heterocycles. The average Bonchev–Trinajstić information content (AvgIpc) is 2.91. The Hall–Kier alpha value is -3.63. The fraction of sp³-hybridized carbons (Fsp3) is 0.379. The molecule has 1 fully saturated rings. The van der Waals surface area contributed by atoms with Crippen LogP contribution >= 0.6 is 0 Å². The highest BCUT2D eigenvalue weighted by Gasteiger charge is 2.34. The molecule has 0 saturated carbocycles. The maximum absolute atomic E-state index is 15.4. The second-order valence-corrected chi connectivity index (χ2v) is 9.09. The van der Waals surface area contributed by atoms with Gasteiger partial charge in [0.05, 0.1) is 32.2 Å². The van der Waals surface area contributed by atoms with Gasteiger partial charge in [0.2, 0.25) is 0 Å². The molecule has 0 radical (unpaired) electrons. The normalized spacial score (nSPS) is 18.8. The predicted octanol–water partition coefficient (Wildman–Crippen LogP) is 5.12. The number of hydrogen-bond acceptors (Lipinski definition) is 5. The van der Waals surface area contributed by atoms with E-state index in [1.54, 1.807) is 38.6 Å². The molecule has 1 aliphatic rings. The summed E-state index contributed by atoms with van der Waals surface area (Å²) in [5.74, 6) is 6.21. The van der Waals surface area contributed by atoms with Gasteiger partial charge in [-0.05, 0) is 79.8 Å². The molecule has 3 atom stereocenters. The second-order valence-electron chi connectivity index (χ2n) is 9.09. The molecule has 0 aliphatic carbocycles. The monoisotopic (exact) mass is 490 g/mol. The van der Waals surface area contributed by atoms with Gasteiger partial charge in [0.25, 0.3) is 0 Å². The summed E-state index contributed by atoms with van der Waals surface area (Å²) in [4.78, 5) is 18.4. The first-order chi connectivity index (χ1) is 17.5. The summed E-state index contributed by atoms with van der Waals surface area (Å²) in [6, 6.07) is 14.7. The van der Waals surface area contributed by atoms with E-state index in [9.17, 15) is 9.90 Å². The first-order valence-corrected chi connectivity index (χ1v) is 12.1. The molecule has 2 heterocycles. The number of pyridine rings is 1. The fourth-order valence-corrected chi connectivity index (χ4v) is 4.85. The summed E-state index contributed by atoms with van der Waals surface area (Å²) in [7, 11) is 3.19. The number of aromatic nitrogens is 1. The minimum absolute atomic E-state index is 0.0778. The quantitative estimate of drug-likeness (QED) is 0.442. The topological polar surface area (TPSA) is 71.9 Å². The number of fused-ring (bicyclic) bond motifs is 1. The van der Waals surface area contributed by atoms with Crippen molar-refractivity contribution >= 4 is 16.9 Å². The molecule has 7 heteroatoms. The van der Waals surface area contributed by atoms with E-state index in [-0.39, 0.29) is 12.3 Å². The Kier molecular flexibility index (Phi) is 8.40. The van der Waals surface area contributed by atoms with Crippen molar-refractivity contribution in [1.29, 1.82) is 0 Å². The lowest BCUT2D eigenvalue weighted by Crippen LogP contribution is -2.44. The third kappa shape index (κ3) is 6.13. The number of hydrogen-bond donors (Lipinski definition) is 1. The van der Waals surface area contributed by atoms with E-state index in [0.717, 1.165) is 23.2 Å². The zero-order chi connectivity index (χ0) is 25.5. The maximum Gasteiger partial charge on any atom is 0.308 e. The number of carbonyl (C=O) groups is 1. The molecule has 188 valence electrons. The summed E-state index contributed by atoms with van der Waals surface area (Å²) in [5.41, 5.74) is 2.13. The smallest absolute Gasteiger partial charge is 0.308 e. The Morgan fingerprint density at radius 2 is 2.00 bits per heavy atom. The molecule has 1 N–H and O–H groups in total. The molecule has 36 heavy (non-hydrogen) atoms. The van der Waals surface area contributed by atoms with E-state index >= 15 is 4.39 Å². The minimum Gasteiger partial charge on any atom is -0.497 e.